The molecule has 0 N–H and O–H groups in total. The van der Waals surface area contributed by atoms with Crippen molar-refractivity contribution >= 4 is 19.7 Å². The van der Waals surface area contributed by atoms with Gasteiger partial charge in [0.05, 0.1) is 11.4 Å². The highest BCUT2D eigenvalue weighted by Gasteiger charge is 2.15. The van der Waals surface area contributed by atoms with Crippen LogP contribution < -0.4 is 0 Å². The molecular formula is C10H17ClN2O2S. The zero-order chi connectivity index (χ0) is 12.5. The zero-order valence-electron chi connectivity index (χ0n) is 9.99. The maximum atomic E-state index is 10.9. The van der Waals surface area contributed by atoms with Crippen molar-refractivity contribution in [3.63, 3.8) is 0 Å². The van der Waals surface area contributed by atoms with Crippen LogP contribution in [0.4, 0.5) is 0 Å². The minimum Gasteiger partial charge on any atom is -0.267 e. The van der Waals surface area contributed by atoms with Crippen LogP contribution in [0.1, 0.15) is 36.8 Å². The molecule has 0 spiro atoms. The molecule has 0 bridgehead atoms. The third-order valence-electron chi connectivity index (χ3n) is 2.56. The Balaban J connectivity index is 2.97. The second-order valence-corrected chi connectivity index (χ2v) is 7.08. The van der Waals surface area contributed by atoms with E-state index < -0.39 is 9.05 Å². The Labute approximate surface area is 101 Å². The fourth-order valence-corrected chi connectivity index (χ4v) is 2.46. The first-order chi connectivity index (χ1) is 7.22. The van der Waals surface area contributed by atoms with Gasteiger partial charge in [-0.3, -0.25) is 4.68 Å². The molecule has 0 unspecified atom stereocenters. The highest BCUT2D eigenvalue weighted by molar-refractivity contribution is 8.13. The summed E-state index contributed by atoms with van der Waals surface area (Å²) in [5.41, 5.74) is 2.89. The molecular weight excluding hydrogens is 248 g/mol. The predicted octanol–water partition coefficient (Wildman–Crippen LogP) is 2.19. The molecule has 0 aromatic carbocycles. The summed E-state index contributed by atoms with van der Waals surface area (Å²) in [7, 11) is 1.77. The van der Waals surface area contributed by atoms with Gasteiger partial charge < -0.3 is 0 Å². The first-order valence-electron chi connectivity index (χ1n) is 5.19. The third kappa shape index (κ3) is 3.22. The van der Waals surface area contributed by atoms with Crippen LogP contribution >= 0.6 is 10.7 Å². The standard InChI is InChI=1S/C10H17ClN2O2S/c1-7(2)13-9(4)10(8(3)12-13)5-6-16(11,14)15/h7H,5-6H2,1-4H3. The largest absolute Gasteiger partial charge is 0.267 e. The third-order valence-corrected chi connectivity index (χ3v) is 3.71. The molecule has 0 amide bonds. The van der Waals surface area contributed by atoms with Crippen LogP contribution in [0.25, 0.3) is 0 Å². The lowest BCUT2D eigenvalue weighted by atomic mass is 10.1. The van der Waals surface area contributed by atoms with E-state index in [9.17, 15) is 8.42 Å². The molecule has 0 radical (unpaired) electrons. The van der Waals surface area contributed by atoms with E-state index in [-0.39, 0.29) is 11.8 Å². The minimum absolute atomic E-state index is 0.0416. The van der Waals surface area contributed by atoms with Crippen LogP contribution in [-0.4, -0.2) is 24.0 Å². The van der Waals surface area contributed by atoms with Crippen molar-refractivity contribution < 1.29 is 8.42 Å². The van der Waals surface area contributed by atoms with Crippen molar-refractivity contribution in [2.45, 2.75) is 40.2 Å². The smallest absolute Gasteiger partial charge is 0.232 e. The molecule has 1 aromatic rings. The number of nitrogens with zero attached hydrogens (tertiary/aromatic N) is 2. The molecule has 6 heteroatoms. The molecule has 0 fully saturated rings. The molecule has 1 rings (SSSR count). The van der Waals surface area contributed by atoms with E-state index in [0.29, 0.717) is 6.42 Å². The van der Waals surface area contributed by atoms with Gasteiger partial charge in [-0.25, -0.2) is 8.42 Å². The second-order valence-electron chi connectivity index (χ2n) is 4.18. The summed E-state index contributed by atoms with van der Waals surface area (Å²) in [5.74, 6) is -0.0416. The summed E-state index contributed by atoms with van der Waals surface area (Å²) in [6.45, 7) is 7.93. The molecule has 0 saturated carbocycles. The van der Waals surface area contributed by atoms with E-state index in [1.54, 1.807) is 0 Å². The fraction of sp³-hybridized carbons (Fsp3) is 0.700. The average Bonchev–Trinajstić information content (AvgIpc) is 2.38. The maximum Gasteiger partial charge on any atom is 0.232 e. The second kappa shape index (κ2) is 4.75. The number of aryl methyl sites for hydroxylation is 1. The van der Waals surface area contributed by atoms with E-state index in [1.165, 1.54) is 0 Å². The molecule has 0 aliphatic heterocycles. The Hall–Kier alpha value is -0.550. The van der Waals surface area contributed by atoms with Crippen molar-refractivity contribution in [3.8, 4) is 0 Å². The SMILES string of the molecule is Cc1nn(C(C)C)c(C)c1CCS(=O)(=O)Cl. The van der Waals surface area contributed by atoms with Crippen LogP contribution in [-0.2, 0) is 15.5 Å². The van der Waals surface area contributed by atoms with Gasteiger partial charge in [0.15, 0.2) is 0 Å². The Kier molecular flexibility index (Phi) is 4.02. The predicted molar refractivity (Wildman–Crippen MR) is 65.4 cm³/mol. The van der Waals surface area contributed by atoms with E-state index >= 15 is 0 Å². The van der Waals surface area contributed by atoms with E-state index in [0.717, 1.165) is 17.0 Å². The van der Waals surface area contributed by atoms with Crippen molar-refractivity contribution in [3.05, 3.63) is 17.0 Å². The van der Waals surface area contributed by atoms with Gasteiger partial charge in [-0.2, -0.15) is 5.10 Å². The molecule has 92 valence electrons. The van der Waals surface area contributed by atoms with E-state index in [2.05, 4.69) is 5.10 Å². The molecule has 16 heavy (non-hydrogen) atoms. The first-order valence-corrected chi connectivity index (χ1v) is 7.67. The first kappa shape index (κ1) is 13.5. The lowest BCUT2D eigenvalue weighted by Crippen LogP contribution is -2.06. The molecule has 0 atom stereocenters. The highest BCUT2D eigenvalue weighted by Crippen LogP contribution is 2.18. The van der Waals surface area contributed by atoms with Crippen molar-refractivity contribution in [1.29, 1.82) is 0 Å². The molecule has 0 aliphatic rings. The average molecular weight is 265 g/mol. The summed E-state index contributed by atoms with van der Waals surface area (Å²) in [6, 6.07) is 0.278. The van der Waals surface area contributed by atoms with Crippen LogP contribution in [0.5, 0.6) is 0 Å². The maximum absolute atomic E-state index is 10.9. The lowest BCUT2D eigenvalue weighted by molar-refractivity contribution is 0.515. The van der Waals surface area contributed by atoms with Crippen LogP contribution in [0.2, 0.25) is 0 Å². The Bertz CT molecular complexity index is 477. The number of rotatable bonds is 4. The summed E-state index contributed by atoms with van der Waals surface area (Å²) in [6.07, 6.45) is 0.427. The van der Waals surface area contributed by atoms with Crippen molar-refractivity contribution in [2.24, 2.45) is 0 Å². The van der Waals surface area contributed by atoms with Gasteiger partial charge in [-0.05, 0) is 39.7 Å². The van der Waals surface area contributed by atoms with Gasteiger partial charge >= 0.3 is 0 Å². The number of aromatic nitrogens is 2. The zero-order valence-corrected chi connectivity index (χ0v) is 11.6. The molecule has 0 saturated heterocycles. The van der Waals surface area contributed by atoms with Gasteiger partial charge in [0.25, 0.3) is 0 Å². The minimum atomic E-state index is -3.43. The number of hydrogen-bond acceptors (Lipinski definition) is 3. The molecule has 4 nitrogen and oxygen atoms in total. The Morgan fingerprint density at radius 1 is 1.38 bits per heavy atom. The number of halogens is 1. The lowest BCUT2D eigenvalue weighted by Gasteiger charge is -2.08. The van der Waals surface area contributed by atoms with E-state index in [4.69, 9.17) is 10.7 Å². The quantitative estimate of drug-likeness (QED) is 0.784. The topological polar surface area (TPSA) is 52.0 Å². The van der Waals surface area contributed by atoms with Gasteiger partial charge in [-0.15, -0.1) is 0 Å². The Morgan fingerprint density at radius 2 is 1.94 bits per heavy atom. The van der Waals surface area contributed by atoms with Gasteiger partial charge in [0.2, 0.25) is 9.05 Å². The summed E-state index contributed by atoms with van der Waals surface area (Å²) >= 11 is 0. The molecule has 1 aromatic heterocycles. The highest BCUT2D eigenvalue weighted by atomic mass is 35.7. The van der Waals surface area contributed by atoms with Crippen LogP contribution in [0, 0.1) is 13.8 Å². The van der Waals surface area contributed by atoms with Gasteiger partial charge in [0, 0.05) is 22.4 Å². The summed E-state index contributed by atoms with van der Waals surface area (Å²) in [4.78, 5) is 0. The van der Waals surface area contributed by atoms with Gasteiger partial charge in [-0.1, -0.05) is 0 Å². The van der Waals surface area contributed by atoms with Crippen molar-refractivity contribution in [1.82, 2.24) is 9.78 Å². The monoisotopic (exact) mass is 264 g/mol. The number of hydrogen-bond donors (Lipinski definition) is 0. The van der Waals surface area contributed by atoms with E-state index in [1.807, 2.05) is 32.4 Å². The normalized spacial score (nSPS) is 12.4. The summed E-state index contributed by atoms with van der Waals surface area (Å²) in [5, 5.41) is 4.39. The molecule has 0 aliphatic carbocycles. The van der Waals surface area contributed by atoms with Crippen molar-refractivity contribution in [2.75, 3.05) is 5.75 Å². The summed E-state index contributed by atoms with van der Waals surface area (Å²) < 4.78 is 23.7. The molecule has 1 heterocycles. The van der Waals surface area contributed by atoms with Gasteiger partial charge in [0.1, 0.15) is 0 Å². The van der Waals surface area contributed by atoms with Crippen LogP contribution in [0.3, 0.4) is 0 Å². The van der Waals surface area contributed by atoms with Crippen LogP contribution in [0.15, 0.2) is 0 Å². The Morgan fingerprint density at radius 3 is 2.31 bits per heavy atom. The fourth-order valence-electron chi connectivity index (χ4n) is 1.79.